The van der Waals surface area contributed by atoms with Crippen LogP contribution in [0.5, 0.6) is 0 Å². The van der Waals surface area contributed by atoms with Crippen LogP contribution in [0.4, 0.5) is 0 Å². The summed E-state index contributed by atoms with van der Waals surface area (Å²) in [5.41, 5.74) is 2.54. The largest absolute Gasteiger partial charge is 0.337 e. The summed E-state index contributed by atoms with van der Waals surface area (Å²) in [6.07, 6.45) is 3.47. The van der Waals surface area contributed by atoms with Gasteiger partial charge in [0.05, 0.1) is 11.1 Å². The van der Waals surface area contributed by atoms with E-state index in [1.807, 2.05) is 36.1 Å². The van der Waals surface area contributed by atoms with Crippen molar-refractivity contribution in [2.45, 2.75) is 38.3 Å². The van der Waals surface area contributed by atoms with E-state index >= 15 is 0 Å². The molecule has 2 bridgehead atoms. The molecule has 2 unspecified atom stereocenters. The third-order valence-corrected chi connectivity index (χ3v) is 5.43. The molecule has 1 N–H and O–H groups in total. The summed E-state index contributed by atoms with van der Waals surface area (Å²) in [5.74, 6) is 0.132. The fraction of sp³-hybridized carbons (Fsp3) is 0.444. The van der Waals surface area contributed by atoms with E-state index in [9.17, 15) is 4.79 Å². The summed E-state index contributed by atoms with van der Waals surface area (Å²) in [7, 11) is 0. The minimum Gasteiger partial charge on any atom is -0.337 e. The molecule has 0 radical (unpaired) electrons. The summed E-state index contributed by atoms with van der Waals surface area (Å²) >= 11 is 3.51. The molecule has 0 aliphatic carbocycles. The van der Waals surface area contributed by atoms with Crippen LogP contribution in [-0.4, -0.2) is 41.0 Å². The number of nitrogens with one attached hydrogen (secondary N) is 1. The number of hydrogen-bond acceptors (Lipinski definition) is 3. The molecule has 0 saturated carbocycles. The maximum Gasteiger partial charge on any atom is 0.254 e. The maximum atomic E-state index is 13.2. The first-order valence-electron chi connectivity index (χ1n) is 8.22. The van der Waals surface area contributed by atoms with Gasteiger partial charge in [-0.2, -0.15) is 0 Å². The smallest absolute Gasteiger partial charge is 0.254 e. The van der Waals surface area contributed by atoms with Crippen molar-refractivity contribution in [1.82, 2.24) is 15.2 Å². The Morgan fingerprint density at radius 2 is 2.09 bits per heavy atom. The Morgan fingerprint density at radius 3 is 2.96 bits per heavy atom. The van der Waals surface area contributed by atoms with Crippen LogP contribution in [0.15, 0.2) is 28.7 Å². The highest BCUT2D eigenvalue weighted by atomic mass is 79.9. The number of carbonyl (C=O) groups is 1. The van der Waals surface area contributed by atoms with Crippen molar-refractivity contribution in [3.63, 3.8) is 0 Å². The number of aromatic nitrogens is 1. The van der Waals surface area contributed by atoms with E-state index < -0.39 is 0 Å². The fourth-order valence-corrected chi connectivity index (χ4v) is 4.17. The van der Waals surface area contributed by atoms with Crippen molar-refractivity contribution < 1.29 is 4.79 Å². The number of amides is 1. The van der Waals surface area contributed by atoms with Crippen molar-refractivity contribution in [2.75, 3.05) is 13.1 Å². The third kappa shape index (κ3) is 2.88. The molecule has 1 amide bonds. The lowest BCUT2D eigenvalue weighted by atomic mass is 10.0. The maximum absolute atomic E-state index is 13.2. The third-order valence-electron chi connectivity index (χ3n) is 4.94. The highest BCUT2D eigenvalue weighted by Gasteiger charge is 2.32. The molecule has 1 aromatic carbocycles. The zero-order valence-electron chi connectivity index (χ0n) is 13.2. The second kappa shape index (κ2) is 5.87. The average molecular weight is 374 g/mol. The minimum atomic E-state index is 0.132. The monoisotopic (exact) mass is 373 g/mol. The number of hydrogen-bond donors (Lipinski definition) is 1. The predicted molar refractivity (Wildman–Crippen MR) is 94.6 cm³/mol. The van der Waals surface area contributed by atoms with Gasteiger partial charge in [-0.25, -0.2) is 0 Å². The molecule has 2 atom stereocenters. The van der Waals surface area contributed by atoms with Gasteiger partial charge in [-0.15, -0.1) is 0 Å². The molecule has 4 rings (SSSR count). The van der Waals surface area contributed by atoms with E-state index in [0.717, 1.165) is 46.1 Å². The Hall–Kier alpha value is -1.46. The van der Waals surface area contributed by atoms with Crippen LogP contribution in [-0.2, 0) is 0 Å². The standard InChI is InChI=1S/C18H20BrN3O/c1-11-8-16(15-9-12(19)2-5-17(15)20-11)18(23)22-7-6-13-3-4-14(10-22)21-13/h2,5,8-9,13-14,21H,3-4,6-7,10H2,1H3. The Kier molecular flexibility index (Phi) is 3.85. The lowest BCUT2D eigenvalue weighted by Crippen LogP contribution is -2.39. The predicted octanol–water partition coefficient (Wildman–Crippen LogP) is 3.27. The van der Waals surface area contributed by atoms with Crippen LogP contribution in [0.1, 0.15) is 35.3 Å². The van der Waals surface area contributed by atoms with Crippen molar-refractivity contribution in [3.8, 4) is 0 Å². The molecule has 120 valence electrons. The van der Waals surface area contributed by atoms with Crippen LogP contribution < -0.4 is 5.32 Å². The molecule has 3 heterocycles. The summed E-state index contributed by atoms with van der Waals surface area (Å²) < 4.78 is 0.973. The molecule has 4 nitrogen and oxygen atoms in total. The van der Waals surface area contributed by atoms with Gasteiger partial charge in [0.15, 0.2) is 0 Å². The minimum absolute atomic E-state index is 0.132. The van der Waals surface area contributed by atoms with E-state index in [1.54, 1.807) is 0 Å². The number of nitrogens with zero attached hydrogens (tertiary/aromatic N) is 2. The van der Waals surface area contributed by atoms with Crippen LogP contribution >= 0.6 is 15.9 Å². The quantitative estimate of drug-likeness (QED) is 0.834. The second-order valence-corrected chi connectivity index (χ2v) is 7.57. The van der Waals surface area contributed by atoms with Crippen LogP contribution in [0.2, 0.25) is 0 Å². The molecule has 2 saturated heterocycles. The summed E-state index contributed by atoms with van der Waals surface area (Å²) in [5, 5.41) is 4.56. The van der Waals surface area contributed by atoms with Gasteiger partial charge < -0.3 is 10.2 Å². The number of rotatable bonds is 1. The van der Waals surface area contributed by atoms with Gasteiger partial charge in [-0.1, -0.05) is 15.9 Å². The Morgan fingerprint density at radius 1 is 1.26 bits per heavy atom. The molecular weight excluding hydrogens is 354 g/mol. The first-order valence-corrected chi connectivity index (χ1v) is 9.02. The summed E-state index contributed by atoms with van der Waals surface area (Å²) in [4.78, 5) is 19.7. The van der Waals surface area contributed by atoms with Crippen molar-refractivity contribution in [2.24, 2.45) is 0 Å². The van der Waals surface area contributed by atoms with Crippen LogP contribution in [0.25, 0.3) is 10.9 Å². The van der Waals surface area contributed by atoms with E-state index in [1.165, 1.54) is 12.8 Å². The molecule has 23 heavy (non-hydrogen) atoms. The molecule has 2 aliphatic heterocycles. The molecule has 0 spiro atoms. The van der Waals surface area contributed by atoms with Crippen molar-refractivity contribution >= 4 is 32.7 Å². The van der Waals surface area contributed by atoms with Crippen LogP contribution in [0.3, 0.4) is 0 Å². The first-order chi connectivity index (χ1) is 11.1. The van der Waals surface area contributed by atoms with Gasteiger partial charge in [0, 0.05) is 40.7 Å². The Labute approximate surface area is 144 Å². The zero-order valence-corrected chi connectivity index (χ0v) is 14.8. The van der Waals surface area contributed by atoms with E-state index in [2.05, 4.69) is 26.2 Å². The SMILES string of the molecule is Cc1cc(C(=O)N2CCC3CCC(C2)N3)c2cc(Br)ccc2n1. The van der Waals surface area contributed by atoms with E-state index in [4.69, 9.17) is 0 Å². The van der Waals surface area contributed by atoms with Gasteiger partial charge in [0.1, 0.15) is 0 Å². The molecule has 5 heteroatoms. The number of benzene rings is 1. The molecule has 1 aromatic heterocycles. The van der Waals surface area contributed by atoms with Gasteiger partial charge in [0.2, 0.25) is 0 Å². The fourth-order valence-electron chi connectivity index (χ4n) is 3.81. The highest BCUT2D eigenvalue weighted by molar-refractivity contribution is 9.10. The summed E-state index contributed by atoms with van der Waals surface area (Å²) in [6, 6.07) is 8.90. The number of halogens is 1. The number of aryl methyl sites for hydroxylation is 1. The second-order valence-electron chi connectivity index (χ2n) is 6.65. The van der Waals surface area contributed by atoms with Gasteiger partial charge in [-0.3, -0.25) is 9.78 Å². The molecule has 2 aliphatic rings. The highest BCUT2D eigenvalue weighted by Crippen LogP contribution is 2.26. The van der Waals surface area contributed by atoms with Crippen molar-refractivity contribution in [1.29, 1.82) is 0 Å². The normalized spacial score (nSPS) is 24.0. The van der Waals surface area contributed by atoms with Gasteiger partial charge >= 0.3 is 0 Å². The van der Waals surface area contributed by atoms with E-state index in [-0.39, 0.29) is 5.91 Å². The molecule has 2 fully saturated rings. The van der Waals surface area contributed by atoms with Crippen molar-refractivity contribution in [3.05, 3.63) is 40.0 Å². The molecule has 2 aromatic rings. The topological polar surface area (TPSA) is 45.2 Å². The average Bonchev–Trinajstić information content (AvgIpc) is 2.85. The van der Waals surface area contributed by atoms with E-state index in [0.29, 0.717) is 12.1 Å². The summed E-state index contributed by atoms with van der Waals surface area (Å²) in [6.45, 7) is 3.60. The van der Waals surface area contributed by atoms with Gasteiger partial charge in [-0.05, 0) is 50.5 Å². The number of likely N-dealkylation sites (tertiary alicyclic amines) is 1. The van der Waals surface area contributed by atoms with Gasteiger partial charge in [0.25, 0.3) is 5.91 Å². The number of carbonyl (C=O) groups excluding carboxylic acids is 1. The lowest BCUT2D eigenvalue weighted by molar-refractivity contribution is 0.0750. The Bertz CT molecular complexity index is 776. The first kappa shape index (κ1) is 15.1. The number of pyridine rings is 1. The Balaban J connectivity index is 1.73. The lowest BCUT2D eigenvalue weighted by Gasteiger charge is -2.25. The molecular formula is C18H20BrN3O. The van der Waals surface area contributed by atoms with Crippen LogP contribution in [0, 0.1) is 6.92 Å². The number of fused-ring (bicyclic) bond motifs is 3. The zero-order chi connectivity index (χ0) is 16.0.